The molecule has 0 spiro atoms. The fourth-order valence-corrected chi connectivity index (χ4v) is 0.536. The van der Waals surface area contributed by atoms with Gasteiger partial charge in [0.05, 0.1) is 6.04 Å². The summed E-state index contributed by atoms with van der Waals surface area (Å²) in [5, 5.41) is 8.73. The van der Waals surface area contributed by atoms with E-state index < -0.39 is 0 Å². The van der Waals surface area contributed by atoms with Crippen LogP contribution in [0.2, 0.25) is 0 Å². The molecule has 0 aromatic carbocycles. The smallest absolute Gasteiger partial charge is 0.203 e. The van der Waals surface area contributed by atoms with Crippen molar-refractivity contribution in [2.75, 3.05) is 6.61 Å². The Hall–Kier alpha value is -0.810. The van der Waals surface area contributed by atoms with E-state index in [0.717, 1.165) is 0 Å². The molecular formula is C6H16N4O. The summed E-state index contributed by atoms with van der Waals surface area (Å²) in [5.74, 6) is 5.29. The number of nitrogens with one attached hydrogen (secondary N) is 1. The Bertz CT molecular complexity index is 137. The second-order valence-electron chi connectivity index (χ2n) is 2.56. The number of aliphatic hydroxyl groups is 1. The van der Waals surface area contributed by atoms with Crippen LogP contribution < -0.4 is 17.0 Å². The van der Waals surface area contributed by atoms with Crippen LogP contribution in [0.15, 0.2) is 4.99 Å². The lowest BCUT2D eigenvalue weighted by Crippen LogP contribution is -2.38. The largest absolute Gasteiger partial charge is 0.396 e. The quantitative estimate of drug-likeness (QED) is 0.180. The highest BCUT2D eigenvalue weighted by molar-refractivity contribution is 5.77. The Balaban J connectivity index is 3.93. The van der Waals surface area contributed by atoms with Crippen molar-refractivity contribution in [1.29, 1.82) is 0 Å². The van der Waals surface area contributed by atoms with Gasteiger partial charge in [0.25, 0.3) is 0 Å². The summed E-state index contributed by atoms with van der Waals surface area (Å²) >= 11 is 0. The number of aliphatic imine (C=N–C) groups is 1. The minimum atomic E-state index is -0.0175. The molecule has 0 fully saturated rings. The van der Waals surface area contributed by atoms with E-state index in [-0.39, 0.29) is 24.5 Å². The van der Waals surface area contributed by atoms with E-state index >= 15 is 0 Å². The lowest BCUT2D eigenvalue weighted by Gasteiger charge is -2.13. The minimum Gasteiger partial charge on any atom is -0.396 e. The van der Waals surface area contributed by atoms with Crippen LogP contribution in [0.4, 0.5) is 0 Å². The number of rotatable bonds is 3. The highest BCUT2D eigenvalue weighted by Crippen LogP contribution is 2.04. The molecule has 2 atom stereocenters. The molecule has 0 bridgehead atoms. The number of guanidine groups is 1. The van der Waals surface area contributed by atoms with Gasteiger partial charge in [0.1, 0.15) is 0 Å². The lowest BCUT2D eigenvalue weighted by atomic mass is 10.1. The first-order chi connectivity index (χ1) is 5.11. The second-order valence-corrected chi connectivity index (χ2v) is 2.56. The van der Waals surface area contributed by atoms with Crippen LogP contribution in [0.25, 0.3) is 0 Å². The molecule has 0 radical (unpaired) electrons. The standard InChI is InChI=1S/C6H16N4O/c1-4(3-11)5(2)9-6(7)10-8/h4-5,11H,3,8H2,1-2H3,(H3,7,9,10). The van der Waals surface area contributed by atoms with Crippen LogP contribution in [0.1, 0.15) is 13.8 Å². The average Bonchev–Trinajstić information content (AvgIpc) is 2.02. The Kier molecular flexibility index (Phi) is 4.56. The molecule has 66 valence electrons. The third kappa shape index (κ3) is 3.79. The molecule has 11 heavy (non-hydrogen) atoms. The molecule has 0 aliphatic carbocycles. The van der Waals surface area contributed by atoms with E-state index in [2.05, 4.69) is 10.4 Å². The molecular weight excluding hydrogens is 144 g/mol. The summed E-state index contributed by atoms with van der Waals surface area (Å²) in [6, 6.07) is -0.0175. The first kappa shape index (κ1) is 10.2. The van der Waals surface area contributed by atoms with E-state index in [1.807, 2.05) is 13.8 Å². The normalized spacial score (nSPS) is 17.6. The van der Waals surface area contributed by atoms with E-state index in [9.17, 15) is 0 Å². The Morgan fingerprint density at radius 3 is 2.55 bits per heavy atom. The Morgan fingerprint density at radius 1 is 1.64 bits per heavy atom. The van der Waals surface area contributed by atoms with Gasteiger partial charge in [0.2, 0.25) is 5.96 Å². The zero-order chi connectivity index (χ0) is 8.85. The Morgan fingerprint density at radius 2 is 2.18 bits per heavy atom. The molecule has 0 aliphatic heterocycles. The second kappa shape index (κ2) is 4.92. The maximum atomic E-state index is 8.73. The van der Waals surface area contributed by atoms with Gasteiger partial charge >= 0.3 is 0 Å². The van der Waals surface area contributed by atoms with Gasteiger partial charge in [-0.2, -0.15) is 0 Å². The van der Waals surface area contributed by atoms with E-state index in [1.54, 1.807) is 0 Å². The average molecular weight is 160 g/mol. The van der Waals surface area contributed by atoms with Crippen LogP contribution in [0, 0.1) is 5.92 Å². The summed E-state index contributed by atoms with van der Waals surface area (Å²) in [4.78, 5) is 3.96. The third-order valence-corrected chi connectivity index (χ3v) is 1.60. The lowest BCUT2D eigenvalue weighted by molar-refractivity contribution is 0.221. The van der Waals surface area contributed by atoms with Crippen LogP contribution in [-0.4, -0.2) is 23.7 Å². The summed E-state index contributed by atoms with van der Waals surface area (Å²) < 4.78 is 0. The van der Waals surface area contributed by atoms with Gasteiger partial charge in [0.15, 0.2) is 0 Å². The highest BCUT2D eigenvalue weighted by Gasteiger charge is 2.09. The van der Waals surface area contributed by atoms with Gasteiger partial charge in [-0.1, -0.05) is 6.92 Å². The number of hydrazine groups is 1. The van der Waals surface area contributed by atoms with Crippen molar-refractivity contribution in [1.82, 2.24) is 5.43 Å². The van der Waals surface area contributed by atoms with Gasteiger partial charge in [0, 0.05) is 12.5 Å². The SMILES string of the molecule is CC(CO)C(C)N=C(N)NN. The molecule has 6 N–H and O–H groups in total. The van der Waals surface area contributed by atoms with Crippen molar-refractivity contribution < 1.29 is 5.11 Å². The zero-order valence-electron chi connectivity index (χ0n) is 6.91. The highest BCUT2D eigenvalue weighted by atomic mass is 16.3. The van der Waals surface area contributed by atoms with Crippen molar-refractivity contribution in [3.8, 4) is 0 Å². The van der Waals surface area contributed by atoms with Gasteiger partial charge < -0.3 is 10.8 Å². The molecule has 0 aromatic heterocycles. The third-order valence-electron chi connectivity index (χ3n) is 1.60. The summed E-state index contributed by atoms with van der Waals surface area (Å²) in [6.45, 7) is 3.85. The molecule has 5 nitrogen and oxygen atoms in total. The van der Waals surface area contributed by atoms with E-state index in [0.29, 0.717) is 0 Å². The molecule has 2 unspecified atom stereocenters. The van der Waals surface area contributed by atoms with Crippen molar-refractivity contribution in [3.05, 3.63) is 0 Å². The summed E-state index contributed by atoms with van der Waals surface area (Å²) in [7, 11) is 0. The van der Waals surface area contributed by atoms with Crippen molar-refractivity contribution in [2.24, 2.45) is 22.5 Å². The maximum Gasteiger partial charge on any atom is 0.203 e. The zero-order valence-corrected chi connectivity index (χ0v) is 6.91. The van der Waals surface area contributed by atoms with Crippen LogP contribution >= 0.6 is 0 Å². The summed E-state index contributed by atoms with van der Waals surface area (Å²) in [5.41, 5.74) is 7.52. The van der Waals surface area contributed by atoms with E-state index in [1.165, 1.54) is 0 Å². The molecule has 0 amide bonds. The molecule has 0 aromatic rings. The van der Waals surface area contributed by atoms with Crippen LogP contribution in [-0.2, 0) is 0 Å². The predicted molar refractivity (Wildman–Crippen MR) is 44.7 cm³/mol. The minimum absolute atomic E-state index is 0.0175. The monoisotopic (exact) mass is 160 g/mol. The van der Waals surface area contributed by atoms with Gasteiger partial charge in [-0.15, -0.1) is 0 Å². The first-order valence-electron chi connectivity index (χ1n) is 3.52. The maximum absolute atomic E-state index is 8.73. The van der Waals surface area contributed by atoms with Crippen molar-refractivity contribution >= 4 is 5.96 Å². The number of hydrogen-bond donors (Lipinski definition) is 4. The van der Waals surface area contributed by atoms with Gasteiger partial charge in [-0.05, 0) is 6.92 Å². The molecule has 0 saturated heterocycles. The molecule has 0 aliphatic rings. The molecule has 0 rings (SSSR count). The van der Waals surface area contributed by atoms with Crippen LogP contribution in [0.3, 0.4) is 0 Å². The first-order valence-corrected chi connectivity index (χ1v) is 3.52. The fourth-order valence-electron chi connectivity index (χ4n) is 0.536. The fraction of sp³-hybridized carbons (Fsp3) is 0.833. The predicted octanol–water partition coefficient (Wildman–Crippen LogP) is -1.22. The van der Waals surface area contributed by atoms with E-state index in [4.69, 9.17) is 16.7 Å². The van der Waals surface area contributed by atoms with Gasteiger partial charge in [-0.25, -0.2) is 10.8 Å². The topological polar surface area (TPSA) is 96.7 Å². The molecule has 0 heterocycles. The Labute approximate surface area is 66.5 Å². The number of hydrogen-bond acceptors (Lipinski definition) is 3. The number of nitrogens with zero attached hydrogens (tertiary/aromatic N) is 1. The number of nitrogens with two attached hydrogens (primary N) is 2. The van der Waals surface area contributed by atoms with Gasteiger partial charge in [-0.3, -0.25) is 5.43 Å². The van der Waals surface area contributed by atoms with Crippen molar-refractivity contribution in [2.45, 2.75) is 19.9 Å². The molecule has 5 heteroatoms. The number of aliphatic hydroxyl groups excluding tert-OH is 1. The van der Waals surface area contributed by atoms with Crippen molar-refractivity contribution in [3.63, 3.8) is 0 Å². The van der Waals surface area contributed by atoms with Crippen LogP contribution in [0.5, 0.6) is 0 Å². The molecule has 0 saturated carbocycles. The summed E-state index contributed by atoms with van der Waals surface area (Å²) in [6.07, 6.45) is 0.